The number of aliphatic hydroxyl groups is 1. The molecular weight excluding hydrogens is 582 g/mol. The van der Waals surface area contributed by atoms with Crippen molar-refractivity contribution in [3.05, 3.63) is 86.9 Å². The molecule has 0 bridgehead atoms. The maximum atomic E-state index is 15.4. The van der Waals surface area contributed by atoms with Crippen LogP contribution in [0, 0.1) is 11.6 Å². The first kappa shape index (κ1) is 33.0. The van der Waals surface area contributed by atoms with Gasteiger partial charge in [-0.05, 0) is 48.0 Å². The van der Waals surface area contributed by atoms with Crippen molar-refractivity contribution in [1.29, 1.82) is 0 Å². The topological polar surface area (TPSA) is 95.0 Å². The van der Waals surface area contributed by atoms with Crippen LogP contribution in [0.25, 0.3) is 0 Å². The van der Waals surface area contributed by atoms with Crippen molar-refractivity contribution in [1.82, 2.24) is 5.48 Å². The Hall–Kier alpha value is -3.05. The highest BCUT2D eigenvalue weighted by Gasteiger charge is 2.20. The number of anilines is 3. The molecule has 3 aromatic rings. The predicted molar refractivity (Wildman–Crippen MR) is 154 cm³/mol. The van der Waals surface area contributed by atoms with Crippen LogP contribution in [-0.2, 0) is 11.4 Å². The van der Waals surface area contributed by atoms with Gasteiger partial charge in [0.2, 0.25) is 0 Å². The van der Waals surface area contributed by atoms with E-state index in [1.165, 1.54) is 30.6 Å². The number of hydrogen-bond donors (Lipinski definition) is 4. The van der Waals surface area contributed by atoms with Gasteiger partial charge in [0.05, 0.1) is 53.7 Å². The van der Waals surface area contributed by atoms with Crippen LogP contribution in [0.4, 0.5) is 25.8 Å². The summed E-state index contributed by atoms with van der Waals surface area (Å²) in [5, 5.41) is 14.7. The number of halogens is 4. The highest BCUT2D eigenvalue weighted by Crippen LogP contribution is 2.33. The van der Waals surface area contributed by atoms with Crippen LogP contribution in [0.3, 0.4) is 0 Å². The Bertz CT molecular complexity index is 1180. The molecule has 7 nitrogen and oxygen atoms in total. The lowest BCUT2D eigenvalue weighted by Crippen LogP contribution is -2.26. The zero-order valence-corrected chi connectivity index (χ0v) is 24.0. The van der Waals surface area contributed by atoms with Gasteiger partial charge in [-0.15, -0.1) is 0 Å². The molecule has 206 valence electrons. The Morgan fingerprint density at radius 2 is 1.71 bits per heavy atom. The van der Waals surface area contributed by atoms with E-state index >= 15 is 4.39 Å². The minimum Gasteiger partial charge on any atom is -0.394 e. The van der Waals surface area contributed by atoms with Crippen molar-refractivity contribution in [3.8, 4) is 0 Å². The van der Waals surface area contributed by atoms with Gasteiger partial charge in [-0.1, -0.05) is 67.4 Å². The summed E-state index contributed by atoms with van der Waals surface area (Å²) in [7, 11) is 0. The molecule has 0 heterocycles. The molecule has 3 rings (SSSR count). The molecule has 11 heteroatoms. The van der Waals surface area contributed by atoms with Crippen LogP contribution < -0.4 is 16.1 Å². The van der Waals surface area contributed by atoms with E-state index in [9.17, 15) is 9.18 Å². The number of benzene rings is 3. The van der Waals surface area contributed by atoms with Gasteiger partial charge in [-0.2, -0.15) is 0 Å². The average molecular weight is 614 g/mol. The number of rotatable bonds is 10. The molecule has 0 unspecified atom stereocenters. The van der Waals surface area contributed by atoms with Crippen LogP contribution in [0.1, 0.15) is 43.6 Å². The van der Waals surface area contributed by atoms with Crippen LogP contribution in [0.2, 0.25) is 5.02 Å². The summed E-state index contributed by atoms with van der Waals surface area (Å²) in [6, 6.07) is 13.6. The number of carbonyl (C=O) groups is 1. The molecule has 0 radical (unpaired) electrons. The van der Waals surface area contributed by atoms with E-state index in [-0.39, 0.29) is 42.5 Å². The van der Waals surface area contributed by atoms with Gasteiger partial charge in [0, 0.05) is 4.47 Å². The summed E-state index contributed by atoms with van der Waals surface area (Å²) in [6.07, 6.45) is 1.31. The largest absolute Gasteiger partial charge is 0.394 e. The lowest BCUT2D eigenvalue weighted by Gasteiger charge is -2.16. The van der Waals surface area contributed by atoms with E-state index in [0.717, 1.165) is 10.0 Å². The Morgan fingerprint density at radius 3 is 2.34 bits per heavy atom. The van der Waals surface area contributed by atoms with E-state index in [1.807, 2.05) is 27.7 Å². The van der Waals surface area contributed by atoms with Gasteiger partial charge in [-0.3, -0.25) is 14.6 Å². The smallest absolute Gasteiger partial charge is 0.277 e. The number of aliphatic hydroxyl groups excluding tert-OH is 1. The number of carbonyl (C=O) groups excluding carboxylic acids is 1. The first-order valence-corrected chi connectivity index (χ1v) is 13.1. The second-order valence-corrected chi connectivity index (χ2v) is 8.17. The van der Waals surface area contributed by atoms with Crippen molar-refractivity contribution in [2.75, 3.05) is 23.8 Å². The minimum atomic E-state index is -0.762. The fraction of sp³-hybridized carbons (Fsp3) is 0.259. The first-order valence-electron chi connectivity index (χ1n) is 12.0. The summed E-state index contributed by atoms with van der Waals surface area (Å²) in [4.78, 5) is 21.5. The van der Waals surface area contributed by atoms with Crippen LogP contribution >= 0.6 is 27.5 Å². The van der Waals surface area contributed by atoms with E-state index in [4.69, 9.17) is 21.5 Å². The Kier molecular flexibility index (Phi) is 15.8. The third-order valence-electron chi connectivity index (χ3n) is 4.43. The normalized spacial score (nSPS) is 10.1. The van der Waals surface area contributed by atoms with Gasteiger partial charge in [0.25, 0.3) is 5.91 Å². The molecule has 0 saturated heterocycles. The Balaban J connectivity index is 0.00000172. The van der Waals surface area contributed by atoms with Crippen molar-refractivity contribution >= 4 is 56.8 Å². The number of hydrogen-bond acceptors (Lipinski definition) is 5. The Morgan fingerprint density at radius 1 is 1.05 bits per heavy atom. The maximum Gasteiger partial charge on any atom is 0.277 e. The van der Waals surface area contributed by atoms with E-state index in [2.05, 4.69) is 37.0 Å². The SMILES string of the molecule is CC.CC.O=C(NOCCO)c1ccc(NC=NCc2ccc(F)cc2)c(F)c1Nc1ccc(Br)cc1Cl. The fourth-order valence-corrected chi connectivity index (χ4v) is 3.52. The lowest BCUT2D eigenvalue weighted by atomic mass is 10.1. The number of hydroxylamine groups is 1. The molecule has 0 fully saturated rings. The quantitative estimate of drug-likeness (QED) is 0.0824. The average Bonchev–Trinajstić information content (AvgIpc) is 2.93. The molecule has 0 aliphatic carbocycles. The molecule has 0 spiro atoms. The standard InChI is InChI=1S/C23H20BrClF2N4O3.2C2H6/c24-15-3-7-19(18(25)11-15)30-22-17(23(33)31-34-10-9-32)6-8-20(21(22)27)29-13-28-12-14-1-4-16(26)5-2-14;2*1-2/h1-8,11,13,30,32H,9-10,12H2,(H,28,29)(H,31,33);2*1-2H3. The predicted octanol–water partition coefficient (Wildman–Crippen LogP) is 7.47. The zero-order valence-electron chi connectivity index (χ0n) is 21.6. The summed E-state index contributed by atoms with van der Waals surface area (Å²) in [5.74, 6) is -1.83. The molecule has 0 saturated carbocycles. The highest BCUT2D eigenvalue weighted by molar-refractivity contribution is 9.10. The zero-order chi connectivity index (χ0) is 28.5. The summed E-state index contributed by atoms with van der Waals surface area (Å²) >= 11 is 9.55. The minimum absolute atomic E-state index is 0.0476. The van der Waals surface area contributed by atoms with Gasteiger partial charge in [0.15, 0.2) is 5.82 Å². The molecule has 4 N–H and O–H groups in total. The van der Waals surface area contributed by atoms with Crippen molar-refractivity contribution in [3.63, 3.8) is 0 Å². The molecule has 3 aromatic carbocycles. The third-order valence-corrected chi connectivity index (χ3v) is 5.24. The summed E-state index contributed by atoms with van der Waals surface area (Å²) in [6.45, 7) is 7.84. The van der Waals surface area contributed by atoms with Gasteiger partial charge in [0.1, 0.15) is 5.82 Å². The Labute approximate surface area is 235 Å². The van der Waals surface area contributed by atoms with Gasteiger partial charge < -0.3 is 15.7 Å². The maximum absolute atomic E-state index is 15.4. The van der Waals surface area contributed by atoms with Crippen molar-refractivity contribution in [2.45, 2.75) is 34.2 Å². The van der Waals surface area contributed by atoms with E-state index < -0.39 is 11.7 Å². The molecule has 0 atom stereocenters. The van der Waals surface area contributed by atoms with Crippen LogP contribution in [-0.4, -0.2) is 30.6 Å². The molecule has 0 aromatic heterocycles. The van der Waals surface area contributed by atoms with Crippen LogP contribution in [0.5, 0.6) is 0 Å². The molecule has 0 aliphatic rings. The van der Waals surface area contributed by atoms with Gasteiger partial charge in [-0.25, -0.2) is 14.3 Å². The number of amides is 1. The second kappa shape index (κ2) is 18.2. The van der Waals surface area contributed by atoms with Crippen molar-refractivity contribution in [2.24, 2.45) is 4.99 Å². The molecular formula is C27H32BrClF2N4O3. The second-order valence-electron chi connectivity index (χ2n) is 6.84. The molecule has 38 heavy (non-hydrogen) atoms. The first-order chi connectivity index (χ1) is 18.4. The number of nitrogens with zero attached hydrogens (tertiary/aromatic N) is 1. The summed E-state index contributed by atoms with van der Waals surface area (Å²) < 4.78 is 29.2. The third kappa shape index (κ3) is 10.4. The highest BCUT2D eigenvalue weighted by atomic mass is 79.9. The monoisotopic (exact) mass is 612 g/mol. The van der Waals surface area contributed by atoms with E-state index in [0.29, 0.717) is 10.7 Å². The van der Waals surface area contributed by atoms with Crippen LogP contribution in [0.15, 0.2) is 64.1 Å². The lowest BCUT2D eigenvalue weighted by molar-refractivity contribution is 0.0169. The summed E-state index contributed by atoms with van der Waals surface area (Å²) in [5.41, 5.74) is 3.15. The van der Waals surface area contributed by atoms with Gasteiger partial charge >= 0.3 is 0 Å². The number of nitrogens with one attached hydrogen (secondary N) is 3. The van der Waals surface area contributed by atoms with Crippen molar-refractivity contribution < 1.29 is 23.5 Å². The van der Waals surface area contributed by atoms with E-state index in [1.54, 1.807) is 30.3 Å². The fourth-order valence-electron chi connectivity index (χ4n) is 2.80. The molecule has 0 aliphatic heterocycles. The molecule has 1 amide bonds. The number of aliphatic imine (C=N–C) groups is 1.